The van der Waals surface area contributed by atoms with Crippen molar-refractivity contribution >= 4 is 17.6 Å². The maximum Gasteiger partial charge on any atom is 0.249 e. The summed E-state index contributed by atoms with van der Waals surface area (Å²) < 4.78 is 5.36. The van der Waals surface area contributed by atoms with Crippen LogP contribution in [0.5, 0.6) is 0 Å². The summed E-state index contributed by atoms with van der Waals surface area (Å²) >= 11 is 0. The van der Waals surface area contributed by atoms with Crippen molar-refractivity contribution in [2.24, 2.45) is 0 Å². The molecule has 0 aliphatic carbocycles. The van der Waals surface area contributed by atoms with Gasteiger partial charge in [-0.3, -0.25) is 9.59 Å². The number of hydrogen-bond acceptors (Lipinski definition) is 5. The predicted octanol–water partition coefficient (Wildman–Crippen LogP) is 1.05. The fourth-order valence-electron chi connectivity index (χ4n) is 2.87. The molecule has 0 aromatic carbocycles. The van der Waals surface area contributed by atoms with Gasteiger partial charge >= 0.3 is 0 Å². The highest BCUT2D eigenvalue weighted by atomic mass is 16.5. The van der Waals surface area contributed by atoms with Gasteiger partial charge in [0.15, 0.2) is 0 Å². The van der Waals surface area contributed by atoms with Crippen LogP contribution >= 0.6 is 0 Å². The van der Waals surface area contributed by atoms with Crippen LogP contribution in [0, 0.1) is 0 Å². The van der Waals surface area contributed by atoms with Crippen molar-refractivity contribution in [3.63, 3.8) is 0 Å². The zero-order valence-electron chi connectivity index (χ0n) is 15.1. The molecular formula is C18H28N4O3. The Labute approximate surface area is 149 Å². The van der Waals surface area contributed by atoms with Gasteiger partial charge in [-0.25, -0.2) is 4.98 Å². The fourth-order valence-corrected chi connectivity index (χ4v) is 2.87. The molecule has 1 saturated heterocycles. The van der Waals surface area contributed by atoms with Gasteiger partial charge in [0.25, 0.3) is 0 Å². The molecular weight excluding hydrogens is 320 g/mol. The Hall–Kier alpha value is -2.15. The first kappa shape index (κ1) is 19.2. The molecule has 0 bridgehead atoms. The van der Waals surface area contributed by atoms with Gasteiger partial charge in [-0.2, -0.15) is 0 Å². The van der Waals surface area contributed by atoms with Gasteiger partial charge in [0.1, 0.15) is 11.9 Å². The molecule has 1 N–H and O–H groups in total. The van der Waals surface area contributed by atoms with Crippen molar-refractivity contribution in [3.05, 3.63) is 24.4 Å². The summed E-state index contributed by atoms with van der Waals surface area (Å²) in [5, 5.41) is 2.79. The first-order chi connectivity index (χ1) is 12.2. The molecule has 1 aromatic heterocycles. The average Bonchev–Trinajstić information content (AvgIpc) is 2.66. The second-order valence-corrected chi connectivity index (χ2v) is 5.95. The maximum absolute atomic E-state index is 12.3. The highest BCUT2D eigenvalue weighted by molar-refractivity contribution is 5.82. The number of hydrogen-bond donors (Lipinski definition) is 1. The Bertz CT molecular complexity index is 545. The molecule has 0 saturated carbocycles. The number of aromatic nitrogens is 1. The van der Waals surface area contributed by atoms with E-state index in [0.717, 1.165) is 18.9 Å². The van der Waals surface area contributed by atoms with E-state index in [1.54, 1.807) is 6.20 Å². The zero-order chi connectivity index (χ0) is 18.1. The molecule has 1 atom stereocenters. The van der Waals surface area contributed by atoms with E-state index in [9.17, 15) is 9.59 Å². The van der Waals surface area contributed by atoms with Crippen molar-refractivity contribution in [2.75, 3.05) is 44.2 Å². The normalized spacial score (nSPS) is 15.8. The quantitative estimate of drug-likeness (QED) is 0.760. The number of carbonyl (C=O) groups is 2. The summed E-state index contributed by atoms with van der Waals surface area (Å²) in [5.74, 6) is 0.881. The minimum absolute atomic E-state index is 0.0745. The molecule has 7 nitrogen and oxygen atoms in total. The first-order valence-electron chi connectivity index (χ1n) is 8.98. The molecule has 1 unspecified atom stereocenters. The third-order valence-corrected chi connectivity index (χ3v) is 4.27. The topological polar surface area (TPSA) is 74.8 Å². The number of carbonyl (C=O) groups excluding carboxylic acids is 2. The summed E-state index contributed by atoms with van der Waals surface area (Å²) in [7, 11) is 0. The molecule has 2 heterocycles. The predicted molar refractivity (Wildman–Crippen MR) is 96.4 cm³/mol. The molecule has 1 aliphatic heterocycles. The van der Waals surface area contributed by atoms with Crippen LogP contribution < -0.4 is 10.2 Å². The molecule has 1 aromatic rings. The largest absolute Gasteiger partial charge is 0.369 e. The minimum Gasteiger partial charge on any atom is -0.369 e. The van der Waals surface area contributed by atoms with Gasteiger partial charge in [0, 0.05) is 51.9 Å². The van der Waals surface area contributed by atoms with E-state index in [0.29, 0.717) is 39.1 Å². The summed E-state index contributed by atoms with van der Waals surface area (Å²) in [6.07, 6.45) is 2.30. The van der Waals surface area contributed by atoms with E-state index in [1.807, 2.05) is 36.9 Å². The van der Waals surface area contributed by atoms with E-state index in [1.165, 1.54) is 0 Å². The van der Waals surface area contributed by atoms with Crippen LogP contribution in [-0.2, 0) is 14.3 Å². The number of nitrogens with zero attached hydrogens (tertiary/aromatic N) is 3. The zero-order valence-corrected chi connectivity index (χ0v) is 15.1. The second kappa shape index (κ2) is 9.98. The van der Waals surface area contributed by atoms with Crippen molar-refractivity contribution < 1.29 is 14.3 Å². The van der Waals surface area contributed by atoms with E-state index in [4.69, 9.17) is 4.74 Å². The molecule has 1 fully saturated rings. The summed E-state index contributed by atoms with van der Waals surface area (Å²) in [4.78, 5) is 32.6. The van der Waals surface area contributed by atoms with E-state index >= 15 is 0 Å². The highest BCUT2D eigenvalue weighted by Gasteiger charge is 2.22. The molecule has 0 radical (unpaired) electrons. The van der Waals surface area contributed by atoms with Crippen LogP contribution in [0.15, 0.2) is 24.4 Å². The lowest BCUT2D eigenvalue weighted by atomic mass is 10.2. The maximum atomic E-state index is 12.3. The van der Waals surface area contributed by atoms with Crippen molar-refractivity contribution in [3.8, 4) is 0 Å². The summed E-state index contributed by atoms with van der Waals surface area (Å²) in [5.41, 5.74) is 0. The molecule has 1 aliphatic rings. The molecule has 7 heteroatoms. The van der Waals surface area contributed by atoms with E-state index < -0.39 is 6.10 Å². The second-order valence-electron chi connectivity index (χ2n) is 5.95. The Morgan fingerprint density at radius 3 is 2.60 bits per heavy atom. The van der Waals surface area contributed by atoms with Gasteiger partial charge in [-0.1, -0.05) is 13.0 Å². The third-order valence-electron chi connectivity index (χ3n) is 4.27. The lowest BCUT2D eigenvalue weighted by molar-refractivity contribution is -0.133. The van der Waals surface area contributed by atoms with Crippen LogP contribution in [-0.4, -0.2) is 67.1 Å². The number of ether oxygens (including phenoxy) is 1. The summed E-state index contributed by atoms with van der Waals surface area (Å²) in [6, 6.07) is 5.84. The lowest BCUT2D eigenvalue weighted by Gasteiger charge is -2.35. The van der Waals surface area contributed by atoms with Gasteiger partial charge in [0.05, 0.1) is 0 Å². The number of amides is 2. The number of piperazine rings is 1. The lowest BCUT2D eigenvalue weighted by Crippen LogP contribution is -2.49. The number of anilines is 1. The van der Waals surface area contributed by atoms with E-state index in [-0.39, 0.29) is 11.8 Å². The van der Waals surface area contributed by atoms with Gasteiger partial charge in [-0.05, 0) is 25.5 Å². The molecule has 2 amide bonds. The Morgan fingerprint density at radius 2 is 2.00 bits per heavy atom. The smallest absolute Gasteiger partial charge is 0.249 e. The van der Waals surface area contributed by atoms with Crippen LogP contribution in [0.4, 0.5) is 5.82 Å². The van der Waals surface area contributed by atoms with Crippen molar-refractivity contribution in [2.45, 2.75) is 32.8 Å². The number of rotatable bonds is 8. The van der Waals surface area contributed by atoms with Crippen LogP contribution in [0.3, 0.4) is 0 Å². The molecule has 2 rings (SSSR count). The van der Waals surface area contributed by atoms with Crippen LogP contribution in [0.1, 0.15) is 26.7 Å². The molecule has 25 heavy (non-hydrogen) atoms. The Kier molecular flexibility index (Phi) is 7.66. The molecule has 0 spiro atoms. The van der Waals surface area contributed by atoms with Gasteiger partial charge in [-0.15, -0.1) is 0 Å². The highest BCUT2D eigenvalue weighted by Crippen LogP contribution is 2.12. The van der Waals surface area contributed by atoms with Gasteiger partial charge in [0.2, 0.25) is 11.8 Å². The SMILES string of the molecule is CCOC(CC)C(=O)NCCC(=O)N1CCN(c2ccccn2)CC1. The number of nitrogens with one attached hydrogen (secondary N) is 1. The van der Waals surface area contributed by atoms with Gasteiger partial charge < -0.3 is 19.9 Å². The fraction of sp³-hybridized carbons (Fsp3) is 0.611. The van der Waals surface area contributed by atoms with Crippen molar-refractivity contribution in [1.29, 1.82) is 0 Å². The monoisotopic (exact) mass is 348 g/mol. The number of pyridine rings is 1. The molecule has 138 valence electrons. The summed E-state index contributed by atoms with van der Waals surface area (Å²) in [6.45, 7) is 7.54. The van der Waals surface area contributed by atoms with Crippen molar-refractivity contribution in [1.82, 2.24) is 15.2 Å². The Balaban J connectivity index is 1.69. The Morgan fingerprint density at radius 1 is 1.24 bits per heavy atom. The van der Waals surface area contributed by atoms with Crippen LogP contribution in [0.25, 0.3) is 0 Å². The minimum atomic E-state index is -0.429. The first-order valence-corrected chi connectivity index (χ1v) is 8.98. The van der Waals surface area contributed by atoms with Crippen LogP contribution in [0.2, 0.25) is 0 Å². The van der Waals surface area contributed by atoms with E-state index in [2.05, 4.69) is 15.2 Å². The third kappa shape index (κ3) is 5.70. The average molecular weight is 348 g/mol. The standard InChI is InChI=1S/C18H28N4O3/c1-3-15(25-4-2)18(24)20-10-8-17(23)22-13-11-21(12-14-22)16-7-5-6-9-19-16/h5-7,9,15H,3-4,8,10-14H2,1-2H3,(H,20,24).